The summed E-state index contributed by atoms with van der Waals surface area (Å²) in [7, 11) is 1.38. The van der Waals surface area contributed by atoms with Gasteiger partial charge in [0.15, 0.2) is 0 Å². The second kappa shape index (κ2) is 20.3. The average molecular weight is 367 g/mol. The minimum Gasteiger partial charge on any atom is -0.469 e. The molecule has 0 aromatic rings. The minimum atomic E-state index is -0.551. The fraction of sp³-hybridized carbons (Fsp3) is 0.870. The Hall–Kier alpha value is -1.01. The number of rotatable bonds is 17. The Morgan fingerprint density at radius 3 is 1.77 bits per heavy atom. The normalized spacial score (nSPS) is 11.7. The topological polar surface area (TPSA) is 46.5 Å². The molecule has 0 amide bonds. The van der Waals surface area contributed by atoms with E-state index < -0.39 is 6.10 Å². The van der Waals surface area contributed by atoms with Crippen molar-refractivity contribution in [3.8, 4) is 11.8 Å². The van der Waals surface area contributed by atoms with Crippen LogP contribution in [0.5, 0.6) is 0 Å². The lowest BCUT2D eigenvalue weighted by Crippen LogP contribution is -2.03. The number of aliphatic hydroxyl groups is 1. The number of carbonyl (C=O) groups is 1. The largest absolute Gasteiger partial charge is 0.469 e. The molecule has 0 unspecified atom stereocenters. The van der Waals surface area contributed by atoms with Crippen molar-refractivity contribution in [3.63, 3.8) is 0 Å². The molecule has 152 valence electrons. The molecule has 0 spiro atoms. The molecule has 0 radical (unpaired) electrons. The number of carbonyl (C=O) groups excluding carboxylic acids is 1. The average Bonchev–Trinajstić information content (AvgIpc) is 2.65. The van der Waals surface area contributed by atoms with E-state index in [2.05, 4.69) is 23.5 Å². The summed E-state index contributed by atoms with van der Waals surface area (Å²) in [4.78, 5) is 10.9. The molecule has 0 saturated carbocycles. The number of hydrogen-bond donors (Lipinski definition) is 1. The highest BCUT2D eigenvalue weighted by atomic mass is 16.5. The van der Waals surface area contributed by atoms with Crippen molar-refractivity contribution in [3.05, 3.63) is 0 Å². The molecule has 0 saturated heterocycles. The van der Waals surface area contributed by atoms with E-state index in [1.165, 1.54) is 90.6 Å². The Kier molecular flexibility index (Phi) is 19.5. The summed E-state index contributed by atoms with van der Waals surface area (Å²) in [6.45, 7) is 2.27. The molecule has 0 aromatic carbocycles. The summed E-state index contributed by atoms with van der Waals surface area (Å²) in [6.07, 6.45) is 19.7. The van der Waals surface area contributed by atoms with Crippen molar-refractivity contribution >= 4 is 5.97 Å². The summed E-state index contributed by atoms with van der Waals surface area (Å²) in [6, 6.07) is 0. The maximum atomic E-state index is 10.9. The van der Waals surface area contributed by atoms with Gasteiger partial charge in [0.25, 0.3) is 0 Å². The summed E-state index contributed by atoms with van der Waals surface area (Å²) < 4.78 is 4.54. The van der Waals surface area contributed by atoms with E-state index in [-0.39, 0.29) is 5.97 Å². The lowest BCUT2D eigenvalue weighted by Gasteiger charge is -2.04. The van der Waals surface area contributed by atoms with Crippen LogP contribution in [0.4, 0.5) is 0 Å². The fourth-order valence-electron chi connectivity index (χ4n) is 3.06. The number of unbranched alkanes of at least 4 members (excludes halogenated alkanes) is 13. The lowest BCUT2D eigenvalue weighted by atomic mass is 10.0. The van der Waals surface area contributed by atoms with Crippen molar-refractivity contribution in [1.29, 1.82) is 0 Å². The van der Waals surface area contributed by atoms with E-state index in [0.29, 0.717) is 12.8 Å². The van der Waals surface area contributed by atoms with Crippen molar-refractivity contribution in [2.45, 2.75) is 122 Å². The monoisotopic (exact) mass is 366 g/mol. The van der Waals surface area contributed by atoms with E-state index in [1.807, 2.05) is 0 Å². The van der Waals surface area contributed by atoms with E-state index >= 15 is 0 Å². The summed E-state index contributed by atoms with van der Waals surface area (Å²) in [5, 5.41) is 9.77. The molecular weight excluding hydrogens is 324 g/mol. The lowest BCUT2D eigenvalue weighted by molar-refractivity contribution is -0.140. The van der Waals surface area contributed by atoms with E-state index in [1.54, 1.807) is 0 Å². The van der Waals surface area contributed by atoms with Crippen LogP contribution in [0.1, 0.15) is 116 Å². The smallest absolute Gasteiger partial charge is 0.306 e. The molecule has 0 aliphatic rings. The van der Waals surface area contributed by atoms with Gasteiger partial charge in [0.2, 0.25) is 0 Å². The molecule has 0 rings (SSSR count). The van der Waals surface area contributed by atoms with E-state index in [4.69, 9.17) is 0 Å². The Morgan fingerprint density at radius 2 is 1.31 bits per heavy atom. The van der Waals surface area contributed by atoms with Crippen LogP contribution in [0.25, 0.3) is 0 Å². The highest BCUT2D eigenvalue weighted by molar-refractivity contribution is 5.69. The van der Waals surface area contributed by atoms with Gasteiger partial charge in [-0.1, -0.05) is 102 Å². The molecule has 0 fully saturated rings. The molecule has 1 N–H and O–H groups in total. The summed E-state index contributed by atoms with van der Waals surface area (Å²) >= 11 is 0. The Balaban J connectivity index is 3.25. The van der Waals surface area contributed by atoms with Crippen molar-refractivity contribution < 1.29 is 14.6 Å². The zero-order valence-corrected chi connectivity index (χ0v) is 17.4. The summed E-state index contributed by atoms with van der Waals surface area (Å²) in [5.74, 6) is 5.41. The number of esters is 1. The first-order valence-electron chi connectivity index (χ1n) is 10.9. The maximum Gasteiger partial charge on any atom is 0.306 e. The molecule has 0 aromatic heterocycles. The zero-order chi connectivity index (χ0) is 19.3. The minimum absolute atomic E-state index is 0.249. The van der Waals surface area contributed by atoms with E-state index in [9.17, 15) is 9.90 Å². The van der Waals surface area contributed by atoms with Crippen LogP contribution in [-0.2, 0) is 9.53 Å². The molecule has 3 nitrogen and oxygen atoms in total. The third-order valence-corrected chi connectivity index (χ3v) is 4.78. The van der Waals surface area contributed by atoms with Gasteiger partial charge in [0.1, 0.15) is 6.10 Å². The Morgan fingerprint density at radius 1 is 0.846 bits per heavy atom. The molecule has 0 heterocycles. The first-order valence-corrected chi connectivity index (χ1v) is 10.9. The van der Waals surface area contributed by atoms with Crippen LogP contribution in [0.3, 0.4) is 0 Å². The fourth-order valence-corrected chi connectivity index (χ4v) is 3.06. The number of methoxy groups -OCH3 is 1. The van der Waals surface area contributed by atoms with Gasteiger partial charge in [-0.15, -0.1) is 0 Å². The highest BCUT2D eigenvalue weighted by Gasteiger charge is 2.00. The summed E-state index contributed by atoms with van der Waals surface area (Å²) in [5.41, 5.74) is 0. The number of hydrogen-bond acceptors (Lipinski definition) is 3. The number of ether oxygens (including phenoxy) is 1. The third-order valence-electron chi connectivity index (χ3n) is 4.78. The Labute approximate surface area is 162 Å². The van der Waals surface area contributed by atoms with Crippen LogP contribution in [0, 0.1) is 11.8 Å². The predicted octanol–water partition coefficient (Wildman–Crippen LogP) is 6.18. The van der Waals surface area contributed by atoms with Crippen molar-refractivity contribution in [2.75, 3.05) is 7.11 Å². The SMILES string of the molecule is CCCCCCCCCCCCCCCC[C@@H](O)C#CCCC(=O)OC. The molecule has 3 heteroatoms. The van der Waals surface area contributed by atoms with Gasteiger partial charge in [-0.25, -0.2) is 0 Å². The van der Waals surface area contributed by atoms with Crippen LogP contribution >= 0.6 is 0 Å². The highest BCUT2D eigenvalue weighted by Crippen LogP contribution is 2.13. The third kappa shape index (κ3) is 19.3. The predicted molar refractivity (Wildman–Crippen MR) is 110 cm³/mol. The molecule has 0 aliphatic heterocycles. The maximum absolute atomic E-state index is 10.9. The molecular formula is C23H42O3. The van der Waals surface area contributed by atoms with Crippen LogP contribution < -0.4 is 0 Å². The molecule has 26 heavy (non-hydrogen) atoms. The molecule has 0 aliphatic carbocycles. The number of aliphatic hydroxyl groups excluding tert-OH is 1. The van der Waals surface area contributed by atoms with Crippen LogP contribution in [0.15, 0.2) is 0 Å². The van der Waals surface area contributed by atoms with Crippen molar-refractivity contribution in [1.82, 2.24) is 0 Å². The van der Waals surface area contributed by atoms with Crippen LogP contribution in [0.2, 0.25) is 0 Å². The van der Waals surface area contributed by atoms with Gasteiger partial charge >= 0.3 is 5.97 Å². The van der Waals surface area contributed by atoms with Gasteiger partial charge in [0, 0.05) is 6.42 Å². The van der Waals surface area contributed by atoms with Gasteiger partial charge in [-0.2, -0.15) is 0 Å². The van der Waals surface area contributed by atoms with Crippen LogP contribution in [-0.4, -0.2) is 24.3 Å². The first kappa shape index (κ1) is 25.0. The van der Waals surface area contributed by atoms with Gasteiger partial charge in [-0.05, 0) is 12.8 Å². The second-order valence-corrected chi connectivity index (χ2v) is 7.30. The van der Waals surface area contributed by atoms with Gasteiger partial charge < -0.3 is 9.84 Å². The second-order valence-electron chi connectivity index (χ2n) is 7.30. The zero-order valence-electron chi connectivity index (χ0n) is 17.4. The molecule has 1 atom stereocenters. The first-order chi connectivity index (χ1) is 12.7. The van der Waals surface area contributed by atoms with Crippen molar-refractivity contribution in [2.24, 2.45) is 0 Å². The standard InChI is InChI=1S/C23H42O3/c1-3-4-5-6-7-8-9-10-11-12-13-14-15-16-19-22(24)20-17-18-21-23(25)26-2/h22,24H,3-16,18-19,21H2,1-2H3/t22-/m1/s1. The Bertz CT molecular complexity index is 367. The quantitative estimate of drug-likeness (QED) is 0.190. The van der Waals surface area contributed by atoms with Gasteiger partial charge in [0.05, 0.1) is 13.5 Å². The molecule has 0 bridgehead atoms. The van der Waals surface area contributed by atoms with E-state index in [0.717, 1.165) is 12.8 Å². The van der Waals surface area contributed by atoms with Gasteiger partial charge in [-0.3, -0.25) is 4.79 Å².